The summed E-state index contributed by atoms with van der Waals surface area (Å²) < 4.78 is 10.2. The first-order valence-electron chi connectivity index (χ1n) is 8.60. The van der Waals surface area contributed by atoms with Crippen molar-refractivity contribution in [3.63, 3.8) is 0 Å². The third-order valence-corrected chi connectivity index (χ3v) is 4.56. The first kappa shape index (κ1) is 20.1. The number of nitrogens with one attached hydrogen (secondary N) is 2. The predicted octanol–water partition coefficient (Wildman–Crippen LogP) is 3.80. The van der Waals surface area contributed by atoms with Gasteiger partial charge in [0, 0.05) is 16.6 Å². The van der Waals surface area contributed by atoms with Gasteiger partial charge in [-0.3, -0.25) is 9.59 Å². The van der Waals surface area contributed by atoms with E-state index in [-0.39, 0.29) is 5.91 Å². The lowest BCUT2D eigenvalue weighted by molar-refractivity contribution is -0.119. The average molecular weight is 410 g/mol. The number of rotatable bonds is 7. The summed E-state index contributed by atoms with van der Waals surface area (Å²) in [4.78, 5) is 36.1. The third kappa shape index (κ3) is 5.43. The minimum atomic E-state index is -0.551. The number of methoxy groups -OCH3 is 1. The molecule has 0 aliphatic carbocycles. The minimum absolute atomic E-state index is 0.308. The fourth-order valence-corrected chi connectivity index (χ4v) is 3.06. The summed E-state index contributed by atoms with van der Waals surface area (Å²) in [5.74, 6) is -0.775. The molecule has 0 unspecified atom stereocenters. The molecule has 0 atom stereocenters. The zero-order valence-corrected chi connectivity index (χ0v) is 16.3. The Hall–Kier alpha value is -3.65. The van der Waals surface area contributed by atoms with Crippen LogP contribution in [0.2, 0.25) is 0 Å². The molecular weight excluding hydrogens is 392 g/mol. The van der Waals surface area contributed by atoms with Gasteiger partial charge in [0.2, 0.25) is 0 Å². The topological polar surface area (TPSA) is 93.7 Å². The molecule has 29 heavy (non-hydrogen) atoms. The lowest BCUT2D eigenvalue weighted by atomic mass is 10.2. The number of carbonyl (C=O) groups is 3. The van der Waals surface area contributed by atoms with Gasteiger partial charge in [0.15, 0.2) is 6.61 Å². The lowest BCUT2D eigenvalue weighted by Crippen LogP contribution is -2.20. The van der Waals surface area contributed by atoms with E-state index in [9.17, 15) is 14.4 Å². The van der Waals surface area contributed by atoms with Crippen LogP contribution >= 0.6 is 11.3 Å². The number of anilines is 2. The summed E-state index contributed by atoms with van der Waals surface area (Å²) in [5, 5.41) is 8.79. The molecule has 2 amide bonds. The van der Waals surface area contributed by atoms with E-state index < -0.39 is 18.5 Å². The second-order valence-electron chi connectivity index (χ2n) is 5.87. The van der Waals surface area contributed by atoms with E-state index in [0.29, 0.717) is 28.3 Å². The molecule has 1 aromatic heterocycles. The molecule has 2 N–H and O–H groups in total. The van der Waals surface area contributed by atoms with Gasteiger partial charge < -0.3 is 20.1 Å². The van der Waals surface area contributed by atoms with Crippen LogP contribution in [0.5, 0.6) is 5.75 Å². The van der Waals surface area contributed by atoms with Crippen LogP contribution in [-0.2, 0) is 9.53 Å². The Bertz CT molecular complexity index is 1000. The minimum Gasteiger partial charge on any atom is -0.495 e. The van der Waals surface area contributed by atoms with Crippen molar-refractivity contribution in [2.24, 2.45) is 0 Å². The van der Waals surface area contributed by atoms with Crippen LogP contribution in [-0.4, -0.2) is 31.5 Å². The van der Waals surface area contributed by atoms with E-state index >= 15 is 0 Å². The largest absolute Gasteiger partial charge is 0.495 e. The third-order valence-electron chi connectivity index (χ3n) is 3.88. The summed E-state index contributed by atoms with van der Waals surface area (Å²) >= 11 is 1.37. The molecule has 0 aliphatic heterocycles. The predicted molar refractivity (Wildman–Crippen MR) is 111 cm³/mol. The van der Waals surface area contributed by atoms with E-state index in [2.05, 4.69) is 10.6 Å². The van der Waals surface area contributed by atoms with E-state index in [0.717, 1.165) is 0 Å². The standard InChI is InChI=1S/C21H18N2O5S/c1-27-18-5-3-2-4-17(18)23-20(25)14-6-8-16(9-7-14)22-19(24)12-28-21(26)15-10-11-29-13-15/h2-11,13H,12H2,1H3,(H,22,24)(H,23,25). The maximum atomic E-state index is 12.4. The van der Waals surface area contributed by atoms with Crippen molar-refractivity contribution in [3.8, 4) is 5.75 Å². The highest BCUT2D eigenvalue weighted by Crippen LogP contribution is 2.23. The van der Waals surface area contributed by atoms with Crippen molar-refractivity contribution >= 4 is 40.5 Å². The van der Waals surface area contributed by atoms with Gasteiger partial charge in [0.05, 0.1) is 18.4 Å². The normalized spacial score (nSPS) is 10.1. The van der Waals surface area contributed by atoms with Crippen molar-refractivity contribution in [3.05, 3.63) is 76.5 Å². The molecule has 7 nitrogen and oxygen atoms in total. The molecule has 148 valence electrons. The number of esters is 1. The first-order chi connectivity index (χ1) is 14.1. The molecule has 3 aromatic rings. The van der Waals surface area contributed by atoms with E-state index in [4.69, 9.17) is 9.47 Å². The monoisotopic (exact) mass is 410 g/mol. The van der Waals surface area contributed by atoms with Crippen molar-refractivity contribution < 1.29 is 23.9 Å². The van der Waals surface area contributed by atoms with Crippen LogP contribution in [0.15, 0.2) is 65.4 Å². The quantitative estimate of drug-likeness (QED) is 0.578. The molecule has 0 bridgehead atoms. The Morgan fingerprint density at radius 2 is 1.69 bits per heavy atom. The van der Waals surface area contributed by atoms with Gasteiger partial charge in [0.25, 0.3) is 11.8 Å². The summed E-state index contributed by atoms with van der Waals surface area (Å²) in [5.41, 5.74) is 1.87. The smallest absolute Gasteiger partial charge is 0.339 e. The molecule has 0 saturated carbocycles. The SMILES string of the molecule is COc1ccccc1NC(=O)c1ccc(NC(=O)COC(=O)c2ccsc2)cc1. The van der Waals surface area contributed by atoms with Crippen molar-refractivity contribution in [1.82, 2.24) is 0 Å². The Balaban J connectivity index is 1.53. The highest BCUT2D eigenvalue weighted by Gasteiger charge is 2.12. The number of benzene rings is 2. The second-order valence-corrected chi connectivity index (χ2v) is 6.65. The summed E-state index contributed by atoms with van der Waals surface area (Å²) in [6.07, 6.45) is 0. The van der Waals surface area contributed by atoms with Gasteiger partial charge in [-0.1, -0.05) is 12.1 Å². The van der Waals surface area contributed by atoms with Crippen LogP contribution in [0.1, 0.15) is 20.7 Å². The van der Waals surface area contributed by atoms with Crippen molar-refractivity contribution in [2.75, 3.05) is 24.4 Å². The molecule has 0 radical (unpaired) electrons. The fourth-order valence-electron chi connectivity index (χ4n) is 2.44. The molecule has 3 rings (SSSR count). The average Bonchev–Trinajstić information content (AvgIpc) is 3.28. The molecule has 0 spiro atoms. The van der Waals surface area contributed by atoms with Gasteiger partial charge in [-0.25, -0.2) is 4.79 Å². The van der Waals surface area contributed by atoms with Crippen LogP contribution in [0.25, 0.3) is 0 Å². The molecule has 0 aliphatic rings. The highest BCUT2D eigenvalue weighted by atomic mass is 32.1. The Kier molecular flexibility index (Phi) is 6.59. The van der Waals surface area contributed by atoms with Gasteiger partial charge in [-0.05, 0) is 47.8 Å². The Morgan fingerprint density at radius 3 is 2.38 bits per heavy atom. The number of thiophene rings is 1. The summed E-state index contributed by atoms with van der Waals surface area (Å²) in [7, 11) is 1.53. The highest BCUT2D eigenvalue weighted by molar-refractivity contribution is 7.08. The van der Waals surface area contributed by atoms with Crippen LogP contribution in [0.4, 0.5) is 11.4 Å². The molecule has 8 heteroatoms. The number of para-hydroxylation sites is 2. The zero-order chi connectivity index (χ0) is 20.6. The molecule has 1 heterocycles. The van der Waals surface area contributed by atoms with Gasteiger partial charge in [0.1, 0.15) is 5.75 Å². The number of hydrogen-bond acceptors (Lipinski definition) is 6. The van der Waals surface area contributed by atoms with Gasteiger partial charge in [-0.2, -0.15) is 11.3 Å². The van der Waals surface area contributed by atoms with Crippen molar-refractivity contribution in [1.29, 1.82) is 0 Å². The van der Waals surface area contributed by atoms with Crippen LogP contribution < -0.4 is 15.4 Å². The summed E-state index contributed by atoms with van der Waals surface area (Å²) in [6.45, 7) is -0.398. The van der Waals surface area contributed by atoms with E-state index in [1.807, 2.05) is 6.07 Å². The van der Waals surface area contributed by atoms with Gasteiger partial charge >= 0.3 is 5.97 Å². The number of ether oxygens (including phenoxy) is 2. The lowest BCUT2D eigenvalue weighted by Gasteiger charge is -2.10. The first-order valence-corrected chi connectivity index (χ1v) is 9.54. The Morgan fingerprint density at radius 1 is 0.931 bits per heavy atom. The van der Waals surface area contributed by atoms with E-state index in [1.165, 1.54) is 18.4 Å². The molecule has 2 aromatic carbocycles. The maximum absolute atomic E-state index is 12.4. The van der Waals surface area contributed by atoms with E-state index in [1.54, 1.807) is 59.3 Å². The van der Waals surface area contributed by atoms with Crippen molar-refractivity contribution in [2.45, 2.75) is 0 Å². The fraction of sp³-hybridized carbons (Fsp3) is 0.0952. The van der Waals surface area contributed by atoms with Gasteiger partial charge in [-0.15, -0.1) is 0 Å². The Labute approximate surface area is 171 Å². The summed E-state index contributed by atoms with van der Waals surface area (Å²) in [6, 6.07) is 15.1. The maximum Gasteiger partial charge on any atom is 0.339 e. The second kappa shape index (κ2) is 9.52. The van der Waals surface area contributed by atoms with Crippen LogP contribution in [0, 0.1) is 0 Å². The van der Waals surface area contributed by atoms with Crippen LogP contribution in [0.3, 0.4) is 0 Å². The number of carbonyl (C=O) groups excluding carboxylic acids is 3. The molecule has 0 fully saturated rings. The molecule has 0 saturated heterocycles. The number of amides is 2. The zero-order valence-electron chi connectivity index (χ0n) is 15.5. The molecular formula is C21H18N2O5S. The number of hydrogen-bond donors (Lipinski definition) is 2.